The maximum Gasteiger partial charge on any atom is 0.223 e. The summed E-state index contributed by atoms with van der Waals surface area (Å²) in [6.07, 6.45) is 3.30. The Hall–Kier alpha value is -1.10. The quantitative estimate of drug-likeness (QED) is 0.721. The van der Waals surface area contributed by atoms with Crippen molar-refractivity contribution < 1.29 is 9.59 Å². The van der Waals surface area contributed by atoms with E-state index in [9.17, 15) is 9.59 Å². The number of carbonyl (C=O) groups excluding carboxylic acids is 2. The molecule has 1 amide bonds. The van der Waals surface area contributed by atoms with Crippen LogP contribution in [0.15, 0.2) is 24.3 Å². The lowest BCUT2D eigenvalue weighted by atomic mass is 10.1. The second-order valence-electron chi connectivity index (χ2n) is 6.55. The van der Waals surface area contributed by atoms with Crippen LogP contribution >= 0.6 is 24.0 Å². The number of amides is 1. The molecule has 1 aliphatic heterocycles. The third-order valence-electron chi connectivity index (χ3n) is 4.67. The zero-order valence-electron chi connectivity index (χ0n) is 13.7. The summed E-state index contributed by atoms with van der Waals surface area (Å²) in [5.74, 6) is 0.995. The first-order valence-electron chi connectivity index (χ1n) is 8.41. The minimum absolute atomic E-state index is 0. The van der Waals surface area contributed by atoms with E-state index in [-0.39, 0.29) is 30.5 Å². The highest BCUT2D eigenvalue weighted by molar-refractivity contribution is 6.30. The van der Waals surface area contributed by atoms with Crippen LogP contribution < -0.4 is 0 Å². The number of nitrogens with zero attached hydrogens (tertiary/aromatic N) is 2. The van der Waals surface area contributed by atoms with Crippen molar-refractivity contribution in [2.24, 2.45) is 5.92 Å². The van der Waals surface area contributed by atoms with Crippen LogP contribution in [0.5, 0.6) is 0 Å². The second-order valence-corrected chi connectivity index (χ2v) is 6.99. The lowest BCUT2D eigenvalue weighted by Crippen LogP contribution is -2.49. The Balaban J connectivity index is 0.00000208. The van der Waals surface area contributed by atoms with E-state index in [0.717, 1.165) is 32.1 Å². The number of ketones is 1. The highest BCUT2D eigenvalue weighted by Crippen LogP contribution is 2.29. The summed E-state index contributed by atoms with van der Waals surface area (Å²) >= 11 is 5.82. The monoisotopic (exact) mass is 370 g/mol. The van der Waals surface area contributed by atoms with Gasteiger partial charge in [0.05, 0.1) is 0 Å². The zero-order valence-corrected chi connectivity index (χ0v) is 15.3. The number of piperazine rings is 1. The van der Waals surface area contributed by atoms with Crippen LogP contribution in [-0.4, -0.2) is 54.2 Å². The van der Waals surface area contributed by atoms with Gasteiger partial charge in [-0.25, -0.2) is 0 Å². The maximum absolute atomic E-state index is 12.3. The molecule has 0 atom stereocenters. The molecule has 2 aliphatic rings. The Morgan fingerprint density at radius 2 is 1.62 bits per heavy atom. The van der Waals surface area contributed by atoms with E-state index in [1.54, 1.807) is 24.3 Å². The van der Waals surface area contributed by atoms with Crippen molar-refractivity contribution in [1.82, 2.24) is 9.80 Å². The SMILES string of the molecule is Cl.O=C(CCC(=O)N1CCN(CC2CC2)CC1)c1ccc(Cl)cc1. The Morgan fingerprint density at radius 3 is 2.21 bits per heavy atom. The van der Waals surface area contributed by atoms with E-state index >= 15 is 0 Å². The Bertz CT molecular complexity index is 565. The molecule has 1 aromatic carbocycles. The largest absolute Gasteiger partial charge is 0.340 e. The third-order valence-corrected chi connectivity index (χ3v) is 4.92. The van der Waals surface area contributed by atoms with Crippen LogP contribution in [0.25, 0.3) is 0 Å². The standard InChI is InChI=1S/C18H23ClN2O2.ClH/c19-16-5-3-15(4-6-16)17(22)7-8-18(23)21-11-9-20(10-12-21)13-14-1-2-14;/h3-6,14H,1-2,7-13H2;1H. The molecule has 0 radical (unpaired) electrons. The van der Waals surface area contributed by atoms with Crippen LogP contribution in [0, 0.1) is 5.92 Å². The predicted octanol–water partition coefficient (Wildman–Crippen LogP) is 3.28. The average Bonchev–Trinajstić information content (AvgIpc) is 3.37. The van der Waals surface area contributed by atoms with Crippen molar-refractivity contribution in [3.8, 4) is 0 Å². The number of benzene rings is 1. The Labute approximate surface area is 154 Å². The minimum Gasteiger partial charge on any atom is -0.340 e. The molecule has 1 saturated heterocycles. The van der Waals surface area contributed by atoms with Gasteiger partial charge in [-0.3, -0.25) is 14.5 Å². The van der Waals surface area contributed by atoms with Gasteiger partial charge in [0.2, 0.25) is 5.91 Å². The molecule has 1 aromatic rings. The number of rotatable bonds is 6. The molecule has 0 N–H and O–H groups in total. The number of halogens is 2. The van der Waals surface area contributed by atoms with Crippen molar-refractivity contribution >= 4 is 35.7 Å². The molecule has 4 nitrogen and oxygen atoms in total. The van der Waals surface area contributed by atoms with Crippen LogP contribution in [0.3, 0.4) is 0 Å². The fourth-order valence-corrected chi connectivity index (χ4v) is 3.13. The first-order valence-corrected chi connectivity index (χ1v) is 8.78. The molecular formula is C18H24Cl2N2O2. The molecule has 0 unspecified atom stereocenters. The van der Waals surface area contributed by atoms with Gasteiger partial charge >= 0.3 is 0 Å². The summed E-state index contributed by atoms with van der Waals surface area (Å²) in [4.78, 5) is 28.7. The summed E-state index contributed by atoms with van der Waals surface area (Å²) in [5.41, 5.74) is 0.622. The summed E-state index contributed by atoms with van der Waals surface area (Å²) in [6, 6.07) is 6.84. The van der Waals surface area contributed by atoms with Gasteiger partial charge in [-0.2, -0.15) is 0 Å². The topological polar surface area (TPSA) is 40.6 Å². The lowest BCUT2D eigenvalue weighted by molar-refractivity contribution is -0.132. The molecule has 0 aromatic heterocycles. The average molecular weight is 371 g/mol. The van der Waals surface area contributed by atoms with E-state index < -0.39 is 0 Å². The second kappa shape index (κ2) is 8.84. The highest BCUT2D eigenvalue weighted by atomic mass is 35.5. The zero-order chi connectivity index (χ0) is 16.2. The molecule has 3 rings (SSSR count). The maximum atomic E-state index is 12.3. The summed E-state index contributed by atoms with van der Waals surface area (Å²) in [6.45, 7) is 4.71. The highest BCUT2D eigenvalue weighted by Gasteiger charge is 2.27. The van der Waals surface area contributed by atoms with Gasteiger partial charge in [0.15, 0.2) is 5.78 Å². The normalized spacial score (nSPS) is 18.1. The molecule has 1 aliphatic carbocycles. The van der Waals surface area contributed by atoms with E-state index in [1.807, 2.05) is 4.90 Å². The molecule has 6 heteroatoms. The van der Waals surface area contributed by atoms with Gasteiger partial charge in [-0.1, -0.05) is 11.6 Å². The van der Waals surface area contributed by atoms with Gasteiger partial charge in [-0.05, 0) is 43.0 Å². The first kappa shape index (κ1) is 19.2. The number of hydrogen-bond acceptors (Lipinski definition) is 3. The Kier molecular flexibility index (Phi) is 7.08. The third kappa shape index (κ3) is 5.47. The summed E-state index contributed by atoms with van der Waals surface area (Å²) in [7, 11) is 0. The Morgan fingerprint density at radius 1 is 1.00 bits per heavy atom. The van der Waals surface area contributed by atoms with Gasteiger partial charge in [-0.15, -0.1) is 12.4 Å². The van der Waals surface area contributed by atoms with Crippen molar-refractivity contribution in [3.63, 3.8) is 0 Å². The van der Waals surface area contributed by atoms with Crippen LogP contribution in [0.2, 0.25) is 5.02 Å². The van der Waals surface area contributed by atoms with E-state index in [0.29, 0.717) is 17.0 Å². The number of hydrogen-bond donors (Lipinski definition) is 0. The molecule has 2 fully saturated rings. The molecule has 132 valence electrons. The molecule has 0 spiro atoms. The van der Waals surface area contributed by atoms with Gasteiger partial charge < -0.3 is 4.90 Å². The molecule has 1 heterocycles. The smallest absolute Gasteiger partial charge is 0.223 e. The van der Waals surface area contributed by atoms with Crippen LogP contribution in [0.1, 0.15) is 36.0 Å². The minimum atomic E-state index is 0. The van der Waals surface area contributed by atoms with Crippen molar-refractivity contribution in [2.45, 2.75) is 25.7 Å². The first-order chi connectivity index (χ1) is 11.1. The summed E-state index contributed by atoms with van der Waals surface area (Å²) < 4.78 is 0. The van der Waals surface area contributed by atoms with E-state index in [1.165, 1.54) is 19.4 Å². The van der Waals surface area contributed by atoms with Crippen LogP contribution in [-0.2, 0) is 4.79 Å². The van der Waals surface area contributed by atoms with Crippen LogP contribution in [0.4, 0.5) is 0 Å². The fraction of sp³-hybridized carbons (Fsp3) is 0.556. The number of Topliss-reactive ketones (excluding diaryl/α,β-unsaturated/α-hetero) is 1. The van der Waals surface area contributed by atoms with Gasteiger partial charge in [0.1, 0.15) is 0 Å². The van der Waals surface area contributed by atoms with Crippen molar-refractivity contribution in [2.75, 3.05) is 32.7 Å². The van der Waals surface area contributed by atoms with E-state index in [2.05, 4.69) is 4.90 Å². The molecule has 24 heavy (non-hydrogen) atoms. The molecular weight excluding hydrogens is 347 g/mol. The van der Waals surface area contributed by atoms with E-state index in [4.69, 9.17) is 11.6 Å². The fourth-order valence-electron chi connectivity index (χ4n) is 3.00. The number of carbonyl (C=O) groups is 2. The van der Waals surface area contributed by atoms with Gasteiger partial charge in [0, 0.05) is 56.2 Å². The summed E-state index contributed by atoms with van der Waals surface area (Å²) in [5, 5.41) is 0.613. The van der Waals surface area contributed by atoms with Crippen molar-refractivity contribution in [3.05, 3.63) is 34.9 Å². The predicted molar refractivity (Wildman–Crippen MR) is 98.0 cm³/mol. The van der Waals surface area contributed by atoms with Crippen molar-refractivity contribution in [1.29, 1.82) is 0 Å². The molecule has 0 bridgehead atoms. The molecule has 1 saturated carbocycles. The van der Waals surface area contributed by atoms with Gasteiger partial charge in [0.25, 0.3) is 0 Å². The lowest BCUT2D eigenvalue weighted by Gasteiger charge is -2.34.